The summed E-state index contributed by atoms with van der Waals surface area (Å²) in [5.74, 6) is 0. The first-order valence-electron chi connectivity index (χ1n) is 3.79. The van der Waals surface area contributed by atoms with Gasteiger partial charge in [0.2, 0.25) is 0 Å². The molecule has 0 aliphatic carbocycles. The van der Waals surface area contributed by atoms with Crippen LogP contribution in [-0.2, 0) is 0 Å². The molecular weight excluding hydrogens is 128 g/mol. The van der Waals surface area contributed by atoms with Crippen molar-refractivity contribution in [1.29, 1.82) is 0 Å². The van der Waals surface area contributed by atoms with Crippen molar-refractivity contribution in [2.24, 2.45) is 5.73 Å². The Hall–Kier alpha value is -0.120. The topological polar surface area (TPSA) is 49.5 Å². The van der Waals surface area contributed by atoms with E-state index in [0.29, 0.717) is 6.54 Å². The van der Waals surface area contributed by atoms with E-state index in [9.17, 15) is 5.11 Å². The second kappa shape index (κ2) is 2.86. The highest BCUT2D eigenvalue weighted by Gasteiger charge is 2.30. The summed E-state index contributed by atoms with van der Waals surface area (Å²) < 4.78 is 0. The van der Waals surface area contributed by atoms with Gasteiger partial charge in [0.1, 0.15) is 0 Å². The molecule has 0 radical (unpaired) electrons. The van der Waals surface area contributed by atoms with Crippen LogP contribution in [0.5, 0.6) is 0 Å². The molecule has 0 amide bonds. The first-order valence-corrected chi connectivity index (χ1v) is 3.79. The first kappa shape index (κ1) is 7.98. The second-order valence-corrected chi connectivity index (χ2v) is 3.31. The molecule has 1 aliphatic heterocycles. The second-order valence-electron chi connectivity index (χ2n) is 3.31. The minimum atomic E-state index is -0.463. The Labute approximate surface area is 61.8 Å². The van der Waals surface area contributed by atoms with Crippen LogP contribution in [0.25, 0.3) is 0 Å². The van der Waals surface area contributed by atoms with E-state index >= 15 is 0 Å². The summed E-state index contributed by atoms with van der Waals surface area (Å²) in [5.41, 5.74) is 4.91. The highest BCUT2D eigenvalue weighted by Crippen LogP contribution is 2.18. The number of hydrogen-bond acceptors (Lipinski definition) is 3. The molecule has 1 aliphatic rings. The number of nitrogens with zero attached hydrogens (tertiary/aromatic N) is 1. The number of nitrogens with two attached hydrogens (primary N) is 1. The fourth-order valence-corrected chi connectivity index (χ4v) is 1.41. The molecule has 0 unspecified atom stereocenters. The fourth-order valence-electron chi connectivity index (χ4n) is 1.41. The average molecular weight is 144 g/mol. The van der Waals surface area contributed by atoms with Crippen LogP contribution >= 0.6 is 0 Å². The van der Waals surface area contributed by atoms with Crippen molar-refractivity contribution in [1.82, 2.24) is 4.90 Å². The maximum Gasteiger partial charge on any atom is 0.0758 e. The monoisotopic (exact) mass is 144 g/mol. The van der Waals surface area contributed by atoms with Crippen LogP contribution in [0.1, 0.15) is 13.3 Å². The lowest BCUT2D eigenvalue weighted by Crippen LogP contribution is -2.32. The zero-order valence-corrected chi connectivity index (χ0v) is 6.51. The van der Waals surface area contributed by atoms with E-state index < -0.39 is 5.60 Å². The summed E-state index contributed by atoms with van der Waals surface area (Å²) in [6, 6.07) is 0. The SMILES string of the molecule is C[C@@]1(O)CCN(CCN)C1. The molecule has 1 saturated heterocycles. The van der Waals surface area contributed by atoms with Crippen LogP contribution in [-0.4, -0.2) is 41.8 Å². The van der Waals surface area contributed by atoms with Crippen LogP contribution in [0.2, 0.25) is 0 Å². The summed E-state index contributed by atoms with van der Waals surface area (Å²) in [6.07, 6.45) is 0.882. The molecule has 0 bridgehead atoms. The predicted octanol–water partition coefficient (Wildman–Crippen LogP) is -0.598. The minimum absolute atomic E-state index is 0.463. The number of hydrogen-bond donors (Lipinski definition) is 2. The Balaban J connectivity index is 2.29. The lowest BCUT2D eigenvalue weighted by Gasteiger charge is -2.17. The molecule has 0 aromatic heterocycles. The van der Waals surface area contributed by atoms with Gasteiger partial charge in [-0.1, -0.05) is 0 Å². The van der Waals surface area contributed by atoms with Gasteiger partial charge in [-0.15, -0.1) is 0 Å². The van der Waals surface area contributed by atoms with Crippen LogP contribution in [0, 0.1) is 0 Å². The predicted molar refractivity (Wildman–Crippen MR) is 40.7 cm³/mol. The molecule has 1 rings (SSSR count). The third kappa shape index (κ3) is 1.94. The van der Waals surface area contributed by atoms with Crippen molar-refractivity contribution in [3.05, 3.63) is 0 Å². The molecule has 0 aromatic rings. The van der Waals surface area contributed by atoms with E-state index in [-0.39, 0.29) is 0 Å². The molecule has 60 valence electrons. The molecular formula is C7H16N2O. The van der Waals surface area contributed by atoms with Crippen molar-refractivity contribution >= 4 is 0 Å². The van der Waals surface area contributed by atoms with Crippen LogP contribution < -0.4 is 5.73 Å². The van der Waals surface area contributed by atoms with Crippen LogP contribution in [0.15, 0.2) is 0 Å². The summed E-state index contributed by atoms with van der Waals surface area (Å²) in [6.45, 7) is 5.25. The maximum absolute atomic E-state index is 9.51. The lowest BCUT2D eigenvalue weighted by molar-refractivity contribution is 0.0692. The van der Waals surface area contributed by atoms with Gasteiger partial charge in [0.05, 0.1) is 5.60 Å². The van der Waals surface area contributed by atoms with E-state index in [2.05, 4.69) is 4.90 Å². The van der Waals surface area contributed by atoms with Crippen molar-refractivity contribution in [3.63, 3.8) is 0 Å². The van der Waals surface area contributed by atoms with Gasteiger partial charge in [0.25, 0.3) is 0 Å². The van der Waals surface area contributed by atoms with Crippen molar-refractivity contribution in [2.45, 2.75) is 18.9 Å². The Morgan fingerprint density at radius 1 is 1.70 bits per heavy atom. The Kier molecular flexibility index (Phi) is 2.28. The molecule has 3 N–H and O–H groups in total. The fraction of sp³-hybridized carbons (Fsp3) is 1.00. The first-order chi connectivity index (χ1) is 4.64. The number of likely N-dealkylation sites (tertiary alicyclic amines) is 1. The van der Waals surface area contributed by atoms with Gasteiger partial charge in [-0.3, -0.25) is 4.90 Å². The summed E-state index contributed by atoms with van der Waals surface area (Å²) in [4.78, 5) is 2.19. The van der Waals surface area contributed by atoms with Gasteiger partial charge in [-0.2, -0.15) is 0 Å². The highest BCUT2D eigenvalue weighted by molar-refractivity contribution is 4.85. The standard InChI is InChI=1S/C7H16N2O/c1-7(10)2-4-9(6-7)5-3-8/h10H,2-6,8H2,1H3/t7-/m1/s1. The van der Waals surface area contributed by atoms with Gasteiger partial charge < -0.3 is 10.8 Å². The Morgan fingerprint density at radius 3 is 2.80 bits per heavy atom. The van der Waals surface area contributed by atoms with Gasteiger partial charge >= 0.3 is 0 Å². The average Bonchev–Trinajstić information content (AvgIpc) is 2.12. The Bertz CT molecular complexity index is 114. The summed E-state index contributed by atoms with van der Waals surface area (Å²) in [5, 5.41) is 9.51. The van der Waals surface area contributed by atoms with Crippen LogP contribution in [0.3, 0.4) is 0 Å². The highest BCUT2D eigenvalue weighted by atomic mass is 16.3. The van der Waals surface area contributed by atoms with Crippen molar-refractivity contribution in [3.8, 4) is 0 Å². The van der Waals surface area contributed by atoms with Gasteiger partial charge in [0.15, 0.2) is 0 Å². The number of aliphatic hydroxyl groups is 1. The van der Waals surface area contributed by atoms with Crippen molar-refractivity contribution in [2.75, 3.05) is 26.2 Å². The van der Waals surface area contributed by atoms with E-state index in [1.807, 2.05) is 6.92 Å². The molecule has 0 spiro atoms. The van der Waals surface area contributed by atoms with Gasteiger partial charge in [-0.05, 0) is 13.3 Å². The third-order valence-corrected chi connectivity index (χ3v) is 1.98. The molecule has 1 heterocycles. The zero-order chi connectivity index (χ0) is 7.61. The quantitative estimate of drug-likeness (QED) is 0.544. The molecule has 1 atom stereocenters. The third-order valence-electron chi connectivity index (χ3n) is 1.98. The smallest absolute Gasteiger partial charge is 0.0758 e. The van der Waals surface area contributed by atoms with Crippen molar-refractivity contribution < 1.29 is 5.11 Å². The van der Waals surface area contributed by atoms with Gasteiger partial charge in [0, 0.05) is 26.2 Å². The maximum atomic E-state index is 9.51. The van der Waals surface area contributed by atoms with E-state index in [0.717, 1.165) is 26.1 Å². The van der Waals surface area contributed by atoms with Gasteiger partial charge in [-0.25, -0.2) is 0 Å². The summed E-state index contributed by atoms with van der Waals surface area (Å²) >= 11 is 0. The molecule has 10 heavy (non-hydrogen) atoms. The molecule has 3 nitrogen and oxygen atoms in total. The Morgan fingerprint density at radius 2 is 2.40 bits per heavy atom. The normalized spacial score (nSPS) is 35.1. The molecule has 0 aromatic carbocycles. The molecule has 1 fully saturated rings. The number of β-amino-alcohol motifs (C(OH)–C–C–N with tert-alkyl or cyclic N) is 1. The molecule has 0 saturated carbocycles. The zero-order valence-electron chi connectivity index (χ0n) is 6.51. The summed E-state index contributed by atoms with van der Waals surface area (Å²) in [7, 11) is 0. The minimum Gasteiger partial charge on any atom is -0.389 e. The van der Waals surface area contributed by atoms with E-state index in [4.69, 9.17) is 5.73 Å². The lowest BCUT2D eigenvalue weighted by atomic mass is 10.1. The van der Waals surface area contributed by atoms with E-state index in [1.165, 1.54) is 0 Å². The largest absolute Gasteiger partial charge is 0.389 e. The molecule has 3 heteroatoms. The number of rotatable bonds is 2. The van der Waals surface area contributed by atoms with Crippen LogP contribution in [0.4, 0.5) is 0 Å². The van der Waals surface area contributed by atoms with E-state index in [1.54, 1.807) is 0 Å².